The van der Waals surface area contributed by atoms with Crippen molar-refractivity contribution in [1.82, 2.24) is 5.32 Å². The number of nitro groups is 1. The summed E-state index contributed by atoms with van der Waals surface area (Å²) in [6.45, 7) is -0.0454. The molecule has 0 radical (unpaired) electrons. The van der Waals surface area contributed by atoms with Crippen molar-refractivity contribution in [3.63, 3.8) is 0 Å². The van der Waals surface area contributed by atoms with Crippen LogP contribution in [0.2, 0.25) is 0 Å². The summed E-state index contributed by atoms with van der Waals surface area (Å²) in [4.78, 5) is 24.6. The van der Waals surface area contributed by atoms with Gasteiger partial charge in [-0.2, -0.15) is 0 Å². The van der Waals surface area contributed by atoms with E-state index >= 15 is 0 Å². The maximum Gasteiger partial charge on any atom is 0.292 e. The van der Waals surface area contributed by atoms with Crippen LogP contribution < -0.4 is 10.2 Å². The Labute approximate surface area is 145 Å². The quantitative estimate of drug-likeness (QED) is 0.639. The molecule has 2 unspecified atom stereocenters. The lowest BCUT2D eigenvalue weighted by molar-refractivity contribution is -0.384. The smallest absolute Gasteiger partial charge is 0.292 e. The number of fused-ring (bicyclic) bond motifs is 1. The second-order valence-electron chi connectivity index (χ2n) is 6.12. The number of likely N-dealkylation sites (N-methyl/N-ethyl adjacent to an activating group) is 1. The number of para-hydroxylation sites is 2. The first-order valence-corrected chi connectivity index (χ1v) is 7.97. The Morgan fingerprint density at radius 2 is 1.96 bits per heavy atom. The van der Waals surface area contributed by atoms with E-state index in [1.54, 1.807) is 25.2 Å². The molecule has 1 aliphatic rings. The van der Waals surface area contributed by atoms with Gasteiger partial charge in [-0.15, -0.1) is 0 Å². The Hall–Kier alpha value is -2.93. The molecule has 3 rings (SSSR count). The maximum absolute atomic E-state index is 12.4. The van der Waals surface area contributed by atoms with Crippen molar-refractivity contribution in [2.75, 3.05) is 18.5 Å². The SMILES string of the molecule is CN(CC(=O)NC1c2ccccc2CC1O)c1ccccc1[N+](=O)[O-]. The summed E-state index contributed by atoms with van der Waals surface area (Å²) in [5.74, 6) is -0.304. The zero-order chi connectivity index (χ0) is 18.0. The number of hydrogen-bond donors (Lipinski definition) is 2. The summed E-state index contributed by atoms with van der Waals surface area (Å²) in [5, 5.41) is 24.2. The van der Waals surface area contributed by atoms with Gasteiger partial charge in [-0.05, 0) is 17.2 Å². The van der Waals surface area contributed by atoms with Crippen molar-refractivity contribution in [3.8, 4) is 0 Å². The maximum atomic E-state index is 12.4. The van der Waals surface area contributed by atoms with Gasteiger partial charge in [-0.3, -0.25) is 14.9 Å². The fraction of sp³-hybridized carbons (Fsp3) is 0.278. The van der Waals surface area contributed by atoms with Gasteiger partial charge < -0.3 is 15.3 Å². The molecule has 2 aromatic carbocycles. The molecule has 0 saturated carbocycles. The molecular weight excluding hydrogens is 322 g/mol. The highest BCUT2D eigenvalue weighted by atomic mass is 16.6. The number of hydrogen-bond acceptors (Lipinski definition) is 5. The molecule has 0 fully saturated rings. The van der Waals surface area contributed by atoms with Crippen molar-refractivity contribution >= 4 is 17.3 Å². The molecule has 0 aliphatic heterocycles. The van der Waals surface area contributed by atoms with Gasteiger partial charge in [0.2, 0.25) is 5.91 Å². The van der Waals surface area contributed by atoms with Crippen LogP contribution in [0.15, 0.2) is 48.5 Å². The van der Waals surface area contributed by atoms with Gasteiger partial charge in [-0.1, -0.05) is 36.4 Å². The predicted octanol–water partition coefficient (Wildman–Crippen LogP) is 1.81. The van der Waals surface area contributed by atoms with Crippen LogP contribution in [0, 0.1) is 10.1 Å². The zero-order valence-electron chi connectivity index (χ0n) is 13.8. The summed E-state index contributed by atoms with van der Waals surface area (Å²) in [7, 11) is 1.63. The molecule has 0 heterocycles. The number of nitrogens with one attached hydrogen (secondary N) is 1. The van der Waals surface area contributed by atoms with Crippen LogP contribution in [0.5, 0.6) is 0 Å². The number of carbonyl (C=O) groups excluding carboxylic acids is 1. The minimum absolute atomic E-state index is 0.0454. The third kappa shape index (κ3) is 3.46. The van der Waals surface area contributed by atoms with E-state index in [-0.39, 0.29) is 18.1 Å². The van der Waals surface area contributed by atoms with Crippen LogP contribution >= 0.6 is 0 Å². The largest absolute Gasteiger partial charge is 0.390 e. The number of carbonyl (C=O) groups is 1. The zero-order valence-corrected chi connectivity index (χ0v) is 13.8. The molecule has 0 spiro atoms. The van der Waals surface area contributed by atoms with Gasteiger partial charge in [0.25, 0.3) is 5.69 Å². The summed E-state index contributed by atoms with van der Waals surface area (Å²) in [6, 6.07) is 13.4. The van der Waals surface area contributed by atoms with Gasteiger partial charge in [0.05, 0.1) is 23.6 Å². The van der Waals surface area contributed by atoms with Crippen LogP contribution in [0.25, 0.3) is 0 Å². The number of benzene rings is 2. The molecule has 1 aliphatic carbocycles. The molecule has 130 valence electrons. The van der Waals surface area contributed by atoms with E-state index in [1.165, 1.54) is 11.0 Å². The molecule has 0 aromatic heterocycles. The fourth-order valence-electron chi connectivity index (χ4n) is 3.21. The molecule has 2 atom stereocenters. The first kappa shape index (κ1) is 16.9. The first-order valence-electron chi connectivity index (χ1n) is 7.97. The first-order chi connectivity index (χ1) is 12.0. The van der Waals surface area contributed by atoms with Crippen molar-refractivity contribution in [2.24, 2.45) is 0 Å². The van der Waals surface area contributed by atoms with Crippen molar-refractivity contribution in [1.29, 1.82) is 0 Å². The van der Waals surface area contributed by atoms with Gasteiger partial charge >= 0.3 is 0 Å². The van der Waals surface area contributed by atoms with E-state index in [0.29, 0.717) is 12.1 Å². The molecule has 0 bridgehead atoms. The van der Waals surface area contributed by atoms with Gasteiger partial charge in [0.15, 0.2) is 0 Å². The standard InChI is InChI=1S/C18H19N3O4/c1-20(14-8-4-5-9-15(14)21(24)25)11-17(23)19-18-13-7-3-2-6-12(13)10-16(18)22/h2-9,16,18,22H,10-11H2,1H3,(H,19,23). The van der Waals surface area contributed by atoms with E-state index in [9.17, 15) is 20.0 Å². The number of anilines is 1. The average Bonchev–Trinajstić information content (AvgIpc) is 2.90. The highest BCUT2D eigenvalue weighted by molar-refractivity contribution is 5.83. The minimum Gasteiger partial charge on any atom is -0.390 e. The van der Waals surface area contributed by atoms with Crippen LogP contribution in [0.4, 0.5) is 11.4 Å². The van der Waals surface area contributed by atoms with E-state index in [2.05, 4.69) is 5.32 Å². The Morgan fingerprint density at radius 3 is 2.72 bits per heavy atom. The second kappa shape index (κ2) is 6.90. The molecular formula is C18H19N3O4. The van der Waals surface area contributed by atoms with Crippen molar-refractivity contribution in [2.45, 2.75) is 18.6 Å². The highest BCUT2D eigenvalue weighted by Gasteiger charge is 2.32. The predicted molar refractivity (Wildman–Crippen MR) is 93.4 cm³/mol. The average molecular weight is 341 g/mol. The van der Waals surface area contributed by atoms with Crippen molar-refractivity contribution < 1.29 is 14.8 Å². The molecule has 7 heteroatoms. The number of amides is 1. The van der Waals surface area contributed by atoms with Crippen LogP contribution in [0.3, 0.4) is 0 Å². The Balaban J connectivity index is 1.70. The second-order valence-corrected chi connectivity index (χ2v) is 6.12. The summed E-state index contributed by atoms with van der Waals surface area (Å²) in [6.07, 6.45) is -0.168. The Bertz CT molecular complexity index is 808. The van der Waals surface area contributed by atoms with Gasteiger partial charge in [-0.25, -0.2) is 0 Å². The minimum atomic E-state index is -0.669. The molecule has 0 saturated heterocycles. The molecule has 1 amide bonds. The molecule has 25 heavy (non-hydrogen) atoms. The number of aliphatic hydroxyl groups excluding tert-OH is 1. The topological polar surface area (TPSA) is 95.7 Å². The molecule has 2 aromatic rings. The van der Waals surface area contributed by atoms with E-state index < -0.39 is 17.1 Å². The normalized spacial score (nSPS) is 18.5. The van der Waals surface area contributed by atoms with Crippen LogP contribution in [-0.2, 0) is 11.2 Å². The lowest BCUT2D eigenvalue weighted by Crippen LogP contribution is -2.40. The van der Waals surface area contributed by atoms with Crippen LogP contribution in [0.1, 0.15) is 17.2 Å². The number of nitro benzene ring substituents is 1. The lowest BCUT2D eigenvalue weighted by Gasteiger charge is -2.22. The van der Waals surface area contributed by atoms with E-state index in [0.717, 1.165) is 11.1 Å². The monoisotopic (exact) mass is 341 g/mol. The van der Waals surface area contributed by atoms with Gasteiger partial charge in [0, 0.05) is 19.5 Å². The fourth-order valence-corrected chi connectivity index (χ4v) is 3.21. The number of rotatable bonds is 5. The highest BCUT2D eigenvalue weighted by Crippen LogP contribution is 2.31. The third-order valence-electron chi connectivity index (χ3n) is 4.39. The summed E-state index contributed by atoms with van der Waals surface area (Å²) in [5.41, 5.74) is 2.25. The van der Waals surface area contributed by atoms with Crippen LogP contribution in [-0.4, -0.2) is 35.6 Å². The Morgan fingerprint density at radius 1 is 1.28 bits per heavy atom. The van der Waals surface area contributed by atoms with Crippen molar-refractivity contribution in [3.05, 3.63) is 69.8 Å². The van der Waals surface area contributed by atoms with Gasteiger partial charge in [0.1, 0.15) is 5.69 Å². The lowest BCUT2D eigenvalue weighted by atomic mass is 10.1. The number of nitrogens with zero attached hydrogens (tertiary/aromatic N) is 2. The summed E-state index contributed by atoms with van der Waals surface area (Å²) < 4.78 is 0. The molecule has 2 N–H and O–H groups in total. The third-order valence-corrected chi connectivity index (χ3v) is 4.39. The summed E-state index contributed by atoms with van der Waals surface area (Å²) >= 11 is 0. The molecule has 7 nitrogen and oxygen atoms in total. The Kier molecular flexibility index (Phi) is 4.67. The number of aliphatic hydroxyl groups is 1. The van der Waals surface area contributed by atoms with E-state index in [4.69, 9.17) is 0 Å². The van der Waals surface area contributed by atoms with E-state index in [1.807, 2.05) is 24.3 Å².